The monoisotopic (exact) mass is 234 g/mol. The van der Waals surface area contributed by atoms with Gasteiger partial charge in [0.15, 0.2) is 0 Å². The van der Waals surface area contributed by atoms with Gasteiger partial charge in [0.2, 0.25) is 0 Å². The van der Waals surface area contributed by atoms with Gasteiger partial charge in [-0.3, -0.25) is 0 Å². The number of benzene rings is 1. The van der Waals surface area contributed by atoms with Gasteiger partial charge in [-0.05, 0) is 32.3 Å². The Morgan fingerprint density at radius 1 is 1.29 bits per heavy atom. The Kier molecular flexibility index (Phi) is 3.77. The Hall–Kier alpha value is -1.38. The lowest BCUT2D eigenvalue weighted by atomic mass is 10.2. The average Bonchev–Trinajstić information content (AvgIpc) is 3.11. The van der Waals surface area contributed by atoms with Gasteiger partial charge < -0.3 is 15.4 Å². The zero-order valence-corrected chi connectivity index (χ0v) is 10.8. The molecule has 0 saturated heterocycles. The normalized spacial score (nSPS) is 14.7. The largest absolute Gasteiger partial charge is 0.493 e. The van der Waals surface area contributed by atoms with Crippen LogP contribution in [0.1, 0.15) is 33.1 Å². The number of rotatable bonds is 6. The van der Waals surface area contributed by atoms with E-state index in [2.05, 4.69) is 24.8 Å². The molecule has 1 aromatic rings. The maximum atomic E-state index is 5.94. The highest BCUT2D eigenvalue weighted by atomic mass is 16.5. The smallest absolute Gasteiger partial charge is 0.123 e. The van der Waals surface area contributed by atoms with Crippen LogP contribution in [0.4, 0.5) is 11.4 Å². The summed E-state index contributed by atoms with van der Waals surface area (Å²) < 4.78 is 5.66. The lowest BCUT2D eigenvalue weighted by molar-refractivity contribution is 0.317. The molecule has 1 aromatic carbocycles. The molecule has 1 saturated carbocycles. The topological polar surface area (TPSA) is 38.5 Å². The molecule has 94 valence electrons. The van der Waals surface area contributed by atoms with Crippen molar-refractivity contribution in [2.24, 2.45) is 0 Å². The van der Waals surface area contributed by atoms with E-state index in [9.17, 15) is 0 Å². The molecule has 0 aliphatic heterocycles. The summed E-state index contributed by atoms with van der Waals surface area (Å²) in [5, 5.41) is 0. The number of nitrogen functional groups attached to an aromatic ring is 1. The van der Waals surface area contributed by atoms with Crippen molar-refractivity contribution in [1.29, 1.82) is 0 Å². The van der Waals surface area contributed by atoms with Gasteiger partial charge in [0.25, 0.3) is 0 Å². The minimum absolute atomic E-state index is 0.709. The van der Waals surface area contributed by atoms with Gasteiger partial charge in [-0.1, -0.05) is 6.92 Å². The van der Waals surface area contributed by atoms with Gasteiger partial charge in [-0.15, -0.1) is 0 Å². The summed E-state index contributed by atoms with van der Waals surface area (Å²) in [5.74, 6) is 0.890. The van der Waals surface area contributed by atoms with E-state index >= 15 is 0 Å². The fourth-order valence-electron chi connectivity index (χ4n) is 2.11. The fraction of sp³-hybridized carbons (Fsp3) is 0.571. The highest BCUT2D eigenvalue weighted by Gasteiger charge is 2.28. The van der Waals surface area contributed by atoms with E-state index in [0.29, 0.717) is 6.04 Å². The fourth-order valence-corrected chi connectivity index (χ4v) is 2.11. The van der Waals surface area contributed by atoms with Crippen LogP contribution < -0.4 is 15.4 Å². The van der Waals surface area contributed by atoms with Gasteiger partial charge >= 0.3 is 0 Å². The van der Waals surface area contributed by atoms with E-state index < -0.39 is 0 Å². The standard InChI is InChI=1S/C14H22N2O/c1-3-7-17-14-9-11(15)8-13(10-14)16(4-2)12-5-6-12/h8-10,12H,3-7,15H2,1-2H3. The summed E-state index contributed by atoms with van der Waals surface area (Å²) in [6.07, 6.45) is 3.62. The van der Waals surface area contributed by atoms with Crippen LogP contribution in [0.25, 0.3) is 0 Å². The van der Waals surface area contributed by atoms with Gasteiger partial charge in [0, 0.05) is 36.1 Å². The van der Waals surface area contributed by atoms with Gasteiger partial charge in [-0.25, -0.2) is 0 Å². The molecule has 0 heterocycles. The molecule has 0 atom stereocenters. The highest BCUT2D eigenvalue weighted by molar-refractivity contribution is 5.61. The molecule has 1 aliphatic carbocycles. The molecule has 0 radical (unpaired) electrons. The molecule has 0 aromatic heterocycles. The minimum atomic E-state index is 0.709. The third-order valence-electron chi connectivity index (χ3n) is 3.05. The first kappa shape index (κ1) is 12.1. The summed E-state index contributed by atoms with van der Waals surface area (Å²) in [6.45, 7) is 6.07. The Bertz CT molecular complexity index is 374. The maximum absolute atomic E-state index is 5.94. The van der Waals surface area contributed by atoms with Crippen molar-refractivity contribution in [3.63, 3.8) is 0 Å². The summed E-state index contributed by atoms with van der Waals surface area (Å²) in [5.41, 5.74) is 7.92. The van der Waals surface area contributed by atoms with Crippen molar-refractivity contribution in [3.8, 4) is 5.75 Å². The summed E-state index contributed by atoms with van der Waals surface area (Å²) >= 11 is 0. The lowest BCUT2D eigenvalue weighted by Crippen LogP contribution is -2.25. The first-order valence-corrected chi connectivity index (χ1v) is 6.54. The number of anilines is 2. The van der Waals surface area contributed by atoms with Crippen LogP contribution in [0.2, 0.25) is 0 Å². The lowest BCUT2D eigenvalue weighted by Gasteiger charge is -2.23. The summed E-state index contributed by atoms with van der Waals surface area (Å²) in [6, 6.07) is 6.76. The molecular weight excluding hydrogens is 212 g/mol. The Balaban J connectivity index is 2.17. The van der Waals surface area contributed by atoms with Crippen molar-refractivity contribution in [1.82, 2.24) is 0 Å². The second-order valence-electron chi connectivity index (χ2n) is 4.63. The molecule has 17 heavy (non-hydrogen) atoms. The van der Waals surface area contributed by atoms with Crippen LogP contribution in [0.15, 0.2) is 18.2 Å². The molecule has 2 N–H and O–H groups in total. The van der Waals surface area contributed by atoms with E-state index in [1.54, 1.807) is 0 Å². The van der Waals surface area contributed by atoms with Crippen LogP contribution in [0.3, 0.4) is 0 Å². The van der Waals surface area contributed by atoms with Crippen molar-refractivity contribution < 1.29 is 4.74 Å². The van der Waals surface area contributed by atoms with Gasteiger partial charge in [-0.2, -0.15) is 0 Å². The SMILES string of the molecule is CCCOc1cc(N)cc(N(CC)C2CC2)c1. The average molecular weight is 234 g/mol. The van der Waals surface area contributed by atoms with Gasteiger partial charge in [0.1, 0.15) is 5.75 Å². The first-order chi connectivity index (χ1) is 8.24. The number of ether oxygens (including phenoxy) is 1. The number of hydrogen-bond acceptors (Lipinski definition) is 3. The Morgan fingerprint density at radius 2 is 2.06 bits per heavy atom. The molecule has 2 rings (SSSR count). The van der Waals surface area contributed by atoms with E-state index in [4.69, 9.17) is 10.5 Å². The molecule has 0 bridgehead atoms. The van der Waals surface area contributed by atoms with Crippen molar-refractivity contribution in [3.05, 3.63) is 18.2 Å². The molecule has 0 amide bonds. The second kappa shape index (κ2) is 5.30. The molecule has 3 heteroatoms. The van der Waals surface area contributed by atoms with E-state index in [0.717, 1.165) is 31.0 Å². The first-order valence-electron chi connectivity index (χ1n) is 6.54. The van der Waals surface area contributed by atoms with Crippen LogP contribution in [0, 0.1) is 0 Å². The maximum Gasteiger partial charge on any atom is 0.123 e. The van der Waals surface area contributed by atoms with Gasteiger partial charge in [0.05, 0.1) is 6.61 Å². The zero-order valence-electron chi connectivity index (χ0n) is 10.8. The highest BCUT2D eigenvalue weighted by Crippen LogP contribution is 2.34. The minimum Gasteiger partial charge on any atom is -0.493 e. The third-order valence-corrected chi connectivity index (χ3v) is 3.05. The van der Waals surface area contributed by atoms with E-state index in [-0.39, 0.29) is 0 Å². The van der Waals surface area contributed by atoms with Crippen LogP contribution in [-0.2, 0) is 0 Å². The van der Waals surface area contributed by atoms with E-state index in [1.807, 2.05) is 12.1 Å². The zero-order chi connectivity index (χ0) is 12.3. The van der Waals surface area contributed by atoms with E-state index in [1.165, 1.54) is 18.5 Å². The Labute approximate surface area is 104 Å². The quantitative estimate of drug-likeness (QED) is 0.769. The summed E-state index contributed by atoms with van der Waals surface area (Å²) in [4.78, 5) is 2.41. The number of nitrogens with two attached hydrogens (primary N) is 1. The molecule has 1 fully saturated rings. The number of nitrogens with zero attached hydrogens (tertiary/aromatic N) is 1. The second-order valence-corrected chi connectivity index (χ2v) is 4.63. The predicted molar refractivity (Wildman–Crippen MR) is 72.7 cm³/mol. The van der Waals surface area contributed by atoms with Crippen molar-refractivity contribution >= 4 is 11.4 Å². The van der Waals surface area contributed by atoms with Crippen molar-refractivity contribution in [2.75, 3.05) is 23.8 Å². The van der Waals surface area contributed by atoms with Crippen LogP contribution >= 0.6 is 0 Å². The molecule has 0 spiro atoms. The molecule has 3 nitrogen and oxygen atoms in total. The summed E-state index contributed by atoms with van der Waals surface area (Å²) in [7, 11) is 0. The molecular formula is C14H22N2O. The number of hydrogen-bond donors (Lipinski definition) is 1. The third kappa shape index (κ3) is 3.05. The van der Waals surface area contributed by atoms with Crippen LogP contribution in [-0.4, -0.2) is 19.2 Å². The molecule has 0 unspecified atom stereocenters. The van der Waals surface area contributed by atoms with Crippen LogP contribution in [0.5, 0.6) is 5.75 Å². The Morgan fingerprint density at radius 3 is 2.65 bits per heavy atom. The predicted octanol–water partition coefficient (Wildman–Crippen LogP) is 3.05. The van der Waals surface area contributed by atoms with Crippen molar-refractivity contribution in [2.45, 2.75) is 39.2 Å². The molecule has 1 aliphatic rings.